The molecule has 2 aliphatic heterocycles. The molecule has 0 radical (unpaired) electrons. The number of guanidine groups is 1. The van der Waals surface area contributed by atoms with Crippen molar-refractivity contribution in [3.63, 3.8) is 0 Å². The van der Waals surface area contributed by atoms with Crippen LogP contribution in [0.4, 0.5) is 5.69 Å². The van der Waals surface area contributed by atoms with E-state index in [2.05, 4.69) is 27.3 Å². The number of hydrogen-bond acceptors (Lipinski definition) is 3. The number of rotatable bonds is 5. The zero-order valence-electron chi connectivity index (χ0n) is 15.6. The van der Waals surface area contributed by atoms with Crippen molar-refractivity contribution in [2.24, 2.45) is 10.9 Å². The van der Waals surface area contributed by atoms with Crippen molar-refractivity contribution in [1.82, 2.24) is 10.2 Å². The quantitative estimate of drug-likeness (QED) is 0.407. The number of ether oxygens (including phenoxy) is 1. The predicted molar refractivity (Wildman–Crippen MR) is 115 cm³/mol. The Hall–Kier alpha value is -1.35. The molecule has 0 bridgehead atoms. The van der Waals surface area contributed by atoms with Crippen LogP contribution in [-0.2, 0) is 16.1 Å². The van der Waals surface area contributed by atoms with Crippen LogP contribution < -0.4 is 10.2 Å². The number of carbonyl (C=O) groups excluding carboxylic acids is 1. The van der Waals surface area contributed by atoms with Crippen molar-refractivity contribution in [3.8, 4) is 0 Å². The van der Waals surface area contributed by atoms with Crippen LogP contribution in [0.5, 0.6) is 0 Å². The molecule has 0 saturated carbocycles. The molecule has 0 spiro atoms. The maximum atomic E-state index is 11.9. The molecule has 1 aromatic carbocycles. The predicted octanol–water partition coefficient (Wildman–Crippen LogP) is 2.48. The summed E-state index contributed by atoms with van der Waals surface area (Å²) in [5.74, 6) is 1.73. The zero-order chi connectivity index (χ0) is 17.6. The molecule has 0 aromatic heterocycles. The van der Waals surface area contributed by atoms with Crippen molar-refractivity contribution >= 4 is 41.5 Å². The summed E-state index contributed by atoms with van der Waals surface area (Å²) < 4.78 is 5.27. The van der Waals surface area contributed by atoms with Gasteiger partial charge >= 0.3 is 0 Å². The topological polar surface area (TPSA) is 57.2 Å². The highest BCUT2D eigenvalue weighted by atomic mass is 127. The minimum atomic E-state index is 0. The Morgan fingerprint density at radius 3 is 2.92 bits per heavy atom. The normalized spacial score (nSPS) is 20.5. The van der Waals surface area contributed by atoms with Crippen LogP contribution in [0.3, 0.4) is 0 Å². The smallest absolute Gasteiger partial charge is 0.227 e. The molecule has 1 amide bonds. The number of anilines is 1. The number of likely N-dealkylation sites (tertiary alicyclic amines) is 1. The molecule has 0 aliphatic carbocycles. The van der Waals surface area contributed by atoms with E-state index in [4.69, 9.17) is 4.74 Å². The lowest BCUT2D eigenvalue weighted by Gasteiger charge is -2.22. The van der Waals surface area contributed by atoms with Crippen LogP contribution in [0.1, 0.15) is 24.8 Å². The Morgan fingerprint density at radius 1 is 1.38 bits per heavy atom. The highest BCUT2D eigenvalue weighted by Gasteiger charge is 2.25. The van der Waals surface area contributed by atoms with Gasteiger partial charge in [0.1, 0.15) is 0 Å². The lowest BCUT2D eigenvalue weighted by molar-refractivity contribution is -0.117. The highest BCUT2D eigenvalue weighted by Crippen LogP contribution is 2.22. The first-order valence-corrected chi connectivity index (χ1v) is 9.05. The third kappa shape index (κ3) is 5.09. The molecule has 1 unspecified atom stereocenters. The number of nitrogens with one attached hydrogen (secondary N) is 1. The number of carbonyl (C=O) groups is 1. The molecule has 1 atom stereocenters. The van der Waals surface area contributed by atoms with Crippen LogP contribution >= 0.6 is 24.0 Å². The van der Waals surface area contributed by atoms with Crippen molar-refractivity contribution < 1.29 is 9.53 Å². The summed E-state index contributed by atoms with van der Waals surface area (Å²) in [7, 11) is 3.58. The van der Waals surface area contributed by atoms with E-state index in [1.807, 2.05) is 24.1 Å². The maximum absolute atomic E-state index is 11.9. The SMILES string of the molecule is CN=C(NCc1cccc(N2CCCC2=O)c1)N1CCC(COC)C1.I. The van der Waals surface area contributed by atoms with Gasteiger partial charge in [0.15, 0.2) is 5.96 Å². The first-order chi connectivity index (χ1) is 12.2. The third-order valence-electron chi connectivity index (χ3n) is 4.95. The Kier molecular flexibility index (Phi) is 8.15. The molecule has 3 rings (SSSR count). The van der Waals surface area contributed by atoms with Gasteiger partial charge in [-0.25, -0.2) is 0 Å². The minimum Gasteiger partial charge on any atom is -0.384 e. The van der Waals surface area contributed by atoms with Gasteiger partial charge in [0.25, 0.3) is 0 Å². The summed E-state index contributed by atoms with van der Waals surface area (Å²) in [5, 5.41) is 3.45. The minimum absolute atomic E-state index is 0. The van der Waals surface area contributed by atoms with Gasteiger partial charge in [-0.2, -0.15) is 0 Å². The lowest BCUT2D eigenvalue weighted by Crippen LogP contribution is -2.39. The fourth-order valence-electron chi connectivity index (χ4n) is 3.67. The molecular weight excluding hydrogens is 443 g/mol. The number of methoxy groups -OCH3 is 1. The van der Waals surface area contributed by atoms with E-state index in [-0.39, 0.29) is 29.9 Å². The van der Waals surface area contributed by atoms with Crippen molar-refractivity contribution in [2.45, 2.75) is 25.8 Å². The van der Waals surface area contributed by atoms with Crippen LogP contribution in [0, 0.1) is 5.92 Å². The summed E-state index contributed by atoms with van der Waals surface area (Å²) in [6, 6.07) is 8.21. The molecule has 2 heterocycles. The number of halogens is 1. The van der Waals surface area contributed by atoms with E-state index >= 15 is 0 Å². The van der Waals surface area contributed by atoms with Gasteiger partial charge in [-0.3, -0.25) is 9.79 Å². The van der Waals surface area contributed by atoms with Gasteiger partial charge in [-0.05, 0) is 30.5 Å². The van der Waals surface area contributed by atoms with E-state index in [1.54, 1.807) is 7.11 Å². The first-order valence-electron chi connectivity index (χ1n) is 9.05. The van der Waals surface area contributed by atoms with Gasteiger partial charge in [0.2, 0.25) is 5.91 Å². The van der Waals surface area contributed by atoms with Crippen molar-refractivity contribution in [3.05, 3.63) is 29.8 Å². The molecule has 2 saturated heterocycles. The summed E-state index contributed by atoms with van der Waals surface area (Å²) >= 11 is 0. The summed E-state index contributed by atoms with van der Waals surface area (Å²) in [4.78, 5) is 20.5. The van der Waals surface area contributed by atoms with Gasteiger partial charge < -0.3 is 19.9 Å². The maximum Gasteiger partial charge on any atom is 0.227 e. The van der Waals surface area contributed by atoms with Gasteiger partial charge in [0.05, 0.1) is 6.61 Å². The first kappa shape index (κ1) is 21.0. The number of hydrogen-bond donors (Lipinski definition) is 1. The number of nitrogens with zero attached hydrogens (tertiary/aromatic N) is 3. The third-order valence-corrected chi connectivity index (χ3v) is 4.95. The van der Waals surface area contributed by atoms with E-state index < -0.39 is 0 Å². The molecule has 26 heavy (non-hydrogen) atoms. The van der Waals surface area contributed by atoms with Crippen LogP contribution in [0.25, 0.3) is 0 Å². The lowest BCUT2D eigenvalue weighted by atomic mass is 10.1. The van der Waals surface area contributed by atoms with Gasteiger partial charge in [-0.1, -0.05) is 12.1 Å². The average Bonchev–Trinajstić information content (AvgIpc) is 3.25. The Balaban J connectivity index is 0.00000243. The second kappa shape index (κ2) is 10.1. The highest BCUT2D eigenvalue weighted by molar-refractivity contribution is 14.0. The van der Waals surface area contributed by atoms with Crippen LogP contribution in [-0.4, -0.2) is 57.2 Å². The largest absolute Gasteiger partial charge is 0.384 e. The summed E-state index contributed by atoms with van der Waals surface area (Å²) in [6.07, 6.45) is 2.75. The Bertz CT molecular complexity index is 638. The Labute approximate surface area is 173 Å². The van der Waals surface area contributed by atoms with Gasteiger partial charge in [0, 0.05) is 58.4 Å². The molecule has 7 heteroatoms. The standard InChI is InChI=1S/C19H28N4O2.HI/c1-20-19(22-10-8-16(13-22)14-25-2)21-12-15-5-3-6-17(11-15)23-9-4-7-18(23)24;/h3,5-6,11,16H,4,7-10,12-14H2,1-2H3,(H,20,21);1H. The number of benzene rings is 1. The van der Waals surface area contributed by atoms with Crippen LogP contribution in [0.2, 0.25) is 0 Å². The molecule has 2 aliphatic rings. The monoisotopic (exact) mass is 472 g/mol. The second-order valence-corrected chi connectivity index (χ2v) is 6.78. The van der Waals surface area contributed by atoms with E-state index in [1.165, 1.54) is 0 Å². The summed E-state index contributed by atoms with van der Waals surface area (Å²) in [5.41, 5.74) is 2.16. The molecular formula is C19H29IN4O2. The molecule has 1 aromatic rings. The molecule has 144 valence electrons. The second-order valence-electron chi connectivity index (χ2n) is 6.78. The fraction of sp³-hybridized carbons (Fsp3) is 0.579. The number of aliphatic imine (C=N–C) groups is 1. The zero-order valence-corrected chi connectivity index (χ0v) is 17.9. The molecule has 1 N–H and O–H groups in total. The van der Waals surface area contributed by atoms with Crippen LogP contribution in [0.15, 0.2) is 29.3 Å². The molecule has 6 nitrogen and oxygen atoms in total. The fourth-order valence-corrected chi connectivity index (χ4v) is 3.67. The molecule has 2 fully saturated rings. The van der Waals surface area contributed by atoms with E-state index in [0.29, 0.717) is 18.9 Å². The van der Waals surface area contributed by atoms with Crippen molar-refractivity contribution in [2.75, 3.05) is 45.3 Å². The Morgan fingerprint density at radius 2 is 2.23 bits per heavy atom. The van der Waals surface area contributed by atoms with E-state index in [9.17, 15) is 4.79 Å². The van der Waals surface area contributed by atoms with Gasteiger partial charge in [-0.15, -0.1) is 24.0 Å². The van der Waals surface area contributed by atoms with Crippen molar-refractivity contribution in [1.29, 1.82) is 0 Å². The average molecular weight is 472 g/mol. The summed E-state index contributed by atoms with van der Waals surface area (Å²) in [6.45, 7) is 4.32. The van der Waals surface area contributed by atoms with E-state index in [0.717, 1.165) is 56.3 Å². The number of amides is 1.